The fourth-order valence-corrected chi connectivity index (χ4v) is 5.39. The molecule has 1 atom stereocenters. The van der Waals surface area contributed by atoms with E-state index in [0.717, 1.165) is 58.7 Å². The largest absolute Gasteiger partial charge is 0.495 e. The lowest BCUT2D eigenvalue weighted by Gasteiger charge is -2.14. The standard InChI is InChI=1S/C22H26N4O3S2/c1-14-11-17(15(2)26(14)12-16-7-6-10-29-16)19(27)13-30-22-25-24-21(31-22)23-18-8-4-5-9-20(18)28-3/h4-5,8-9,11,16H,6-7,10,12-13H2,1-3H3,(H,23,24)/t16-/m1/s1. The predicted octanol–water partition coefficient (Wildman–Crippen LogP) is 4.86. The van der Waals surface area contributed by atoms with E-state index in [1.54, 1.807) is 7.11 Å². The number of hydrogen-bond acceptors (Lipinski definition) is 8. The molecule has 31 heavy (non-hydrogen) atoms. The highest BCUT2D eigenvalue weighted by atomic mass is 32.2. The number of hydrogen-bond donors (Lipinski definition) is 1. The lowest BCUT2D eigenvalue weighted by molar-refractivity contribution is 0.0957. The molecule has 1 saturated heterocycles. The Balaban J connectivity index is 1.37. The van der Waals surface area contributed by atoms with Crippen LogP contribution in [0, 0.1) is 13.8 Å². The zero-order chi connectivity index (χ0) is 21.8. The van der Waals surface area contributed by atoms with Gasteiger partial charge < -0.3 is 19.4 Å². The molecule has 0 unspecified atom stereocenters. The number of nitrogens with zero attached hydrogens (tertiary/aromatic N) is 3. The molecule has 9 heteroatoms. The number of aryl methyl sites for hydroxylation is 1. The maximum atomic E-state index is 12.9. The van der Waals surface area contributed by atoms with Crippen molar-refractivity contribution in [2.45, 2.75) is 43.7 Å². The van der Waals surface area contributed by atoms with Crippen molar-refractivity contribution in [3.8, 4) is 5.75 Å². The summed E-state index contributed by atoms with van der Waals surface area (Å²) in [6.07, 6.45) is 2.44. The fraction of sp³-hybridized carbons (Fsp3) is 0.409. The van der Waals surface area contributed by atoms with Crippen LogP contribution in [-0.2, 0) is 11.3 Å². The first-order valence-corrected chi connectivity index (χ1v) is 12.0. The highest BCUT2D eigenvalue weighted by Crippen LogP contribution is 2.32. The van der Waals surface area contributed by atoms with Crippen LogP contribution in [0.5, 0.6) is 5.75 Å². The van der Waals surface area contributed by atoms with E-state index in [9.17, 15) is 4.79 Å². The highest BCUT2D eigenvalue weighted by molar-refractivity contribution is 8.01. The molecule has 164 valence electrons. The van der Waals surface area contributed by atoms with Gasteiger partial charge in [-0.2, -0.15) is 0 Å². The SMILES string of the molecule is COc1ccccc1Nc1nnc(SCC(=O)c2cc(C)n(C[C@H]3CCCO3)c2C)s1. The van der Waals surface area contributed by atoms with Crippen molar-refractivity contribution in [1.29, 1.82) is 0 Å². The molecule has 7 nitrogen and oxygen atoms in total. The predicted molar refractivity (Wildman–Crippen MR) is 124 cm³/mol. The van der Waals surface area contributed by atoms with E-state index in [4.69, 9.17) is 9.47 Å². The molecule has 1 aliphatic rings. The molecular formula is C22H26N4O3S2. The lowest BCUT2D eigenvalue weighted by atomic mass is 10.2. The van der Waals surface area contributed by atoms with Crippen molar-refractivity contribution >= 4 is 39.7 Å². The van der Waals surface area contributed by atoms with Crippen LogP contribution in [0.15, 0.2) is 34.7 Å². The first-order chi connectivity index (χ1) is 15.0. The summed E-state index contributed by atoms with van der Waals surface area (Å²) in [6, 6.07) is 9.63. The van der Waals surface area contributed by atoms with Gasteiger partial charge in [0, 0.05) is 30.1 Å². The summed E-state index contributed by atoms with van der Waals surface area (Å²) in [7, 11) is 1.63. The average Bonchev–Trinajstić information content (AvgIpc) is 3.51. The summed E-state index contributed by atoms with van der Waals surface area (Å²) in [5.74, 6) is 1.17. The summed E-state index contributed by atoms with van der Waals surface area (Å²) >= 11 is 2.83. The maximum absolute atomic E-state index is 12.9. The number of anilines is 2. The number of nitrogens with one attached hydrogen (secondary N) is 1. The quantitative estimate of drug-likeness (QED) is 0.362. The van der Waals surface area contributed by atoms with E-state index < -0.39 is 0 Å². The Labute approximate surface area is 190 Å². The number of thioether (sulfide) groups is 1. The molecule has 1 N–H and O–H groups in total. The number of benzene rings is 1. The minimum atomic E-state index is 0.103. The molecule has 0 aliphatic carbocycles. The number of aromatic nitrogens is 3. The van der Waals surface area contributed by atoms with Gasteiger partial charge in [0.25, 0.3) is 0 Å². The van der Waals surface area contributed by atoms with Gasteiger partial charge in [-0.25, -0.2) is 0 Å². The fourth-order valence-electron chi connectivity index (χ4n) is 3.74. The summed E-state index contributed by atoms with van der Waals surface area (Å²) in [4.78, 5) is 12.9. The normalized spacial score (nSPS) is 15.9. The Kier molecular flexibility index (Phi) is 6.94. The van der Waals surface area contributed by atoms with E-state index in [-0.39, 0.29) is 11.9 Å². The molecule has 2 aromatic heterocycles. The molecule has 0 bridgehead atoms. The molecular weight excluding hydrogens is 432 g/mol. The monoisotopic (exact) mass is 458 g/mol. The van der Waals surface area contributed by atoms with Gasteiger partial charge in [0.1, 0.15) is 5.75 Å². The summed E-state index contributed by atoms with van der Waals surface area (Å²) in [5, 5.41) is 12.3. The summed E-state index contributed by atoms with van der Waals surface area (Å²) in [5.41, 5.74) is 3.71. The molecule has 0 radical (unpaired) electrons. The zero-order valence-electron chi connectivity index (χ0n) is 17.9. The van der Waals surface area contributed by atoms with E-state index in [0.29, 0.717) is 10.9 Å². The smallest absolute Gasteiger partial charge is 0.210 e. The van der Waals surface area contributed by atoms with E-state index >= 15 is 0 Å². The number of rotatable bonds is 9. The Morgan fingerprint density at radius 2 is 2.19 bits per heavy atom. The van der Waals surface area contributed by atoms with Crippen LogP contribution in [0.1, 0.15) is 34.6 Å². The van der Waals surface area contributed by atoms with Crippen molar-refractivity contribution in [3.05, 3.63) is 47.3 Å². The maximum Gasteiger partial charge on any atom is 0.210 e. The molecule has 4 rings (SSSR count). The van der Waals surface area contributed by atoms with Gasteiger partial charge in [-0.3, -0.25) is 4.79 Å². The van der Waals surface area contributed by atoms with Crippen LogP contribution in [-0.4, -0.2) is 46.1 Å². The second-order valence-corrected chi connectivity index (χ2v) is 9.64. The zero-order valence-corrected chi connectivity index (χ0v) is 19.5. The number of methoxy groups -OCH3 is 1. The number of Topliss-reactive ketones (excluding diaryl/α,β-unsaturated/α-hetero) is 1. The van der Waals surface area contributed by atoms with E-state index in [1.807, 2.05) is 44.2 Å². The second-order valence-electron chi connectivity index (χ2n) is 7.44. The number of para-hydroxylation sites is 2. The molecule has 3 heterocycles. The van der Waals surface area contributed by atoms with Crippen LogP contribution in [0.25, 0.3) is 0 Å². The summed E-state index contributed by atoms with van der Waals surface area (Å²) in [6.45, 7) is 5.71. The third-order valence-electron chi connectivity index (χ3n) is 5.37. The lowest BCUT2D eigenvalue weighted by Crippen LogP contribution is -2.17. The third kappa shape index (κ3) is 5.11. The van der Waals surface area contributed by atoms with E-state index in [2.05, 4.69) is 20.1 Å². The molecule has 1 fully saturated rings. The van der Waals surface area contributed by atoms with Crippen LogP contribution in [0.3, 0.4) is 0 Å². The van der Waals surface area contributed by atoms with Crippen molar-refractivity contribution < 1.29 is 14.3 Å². The molecule has 0 spiro atoms. The van der Waals surface area contributed by atoms with Crippen LogP contribution in [0.4, 0.5) is 10.8 Å². The highest BCUT2D eigenvalue weighted by Gasteiger charge is 2.21. The van der Waals surface area contributed by atoms with Gasteiger partial charge in [0.2, 0.25) is 5.13 Å². The van der Waals surface area contributed by atoms with Gasteiger partial charge in [-0.1, -0.05) is 35.2 Å². The van der Waals surface area contributed by atoms with Crippen molar-refractivity contribution in [3.63, 3.8) is 0 Å². The van der Waals surface area contributed by atoms with Gasteiger partial charge >= 0.3 is 0 Å². The van der Waals surface area contributed by atoms with Gasteiger partial charge in [0.05, 0.1) is 24.7 Å². The molecule has 1 aliphatic heterocycles. The van der Waals surface area contributed by atoms with Crippen LogP contribution >= 0.6 is 23.1 Å². The number of carbonyl (C=O) groups is 1. The minimum Gasteiger partial charge on any atom is -0.495 e. The van der Waals surface area contributed by atoms with Gasteiger partial charge in [-0.15, -0.1) is 10.2 Å². The topological polar surface area (TPSA) is 78.3 Å². The Hall–Kier alpha value is -2.36. The first kappa shape index (κ1) is 21.9. The van der Waals surface area contributed by atoms with Crippen LogP contribution in [0.2, 0.25) is 0 Å². The Morgan fingerprint density at radius 1 is 1.35 bits per heavy atom. The second kappa shape index (κ2) is 9.84. The van der Waals surface area contributed by atoms with Gasteiger partial charge in [-0.05, 0) is 44.9 Å². The third-order valence-corrected chi connectivity index (χ3v) is 7.34. The average molecular weight is 459 g/mol. The number of carbonyl (C=O) groups excluding carboxylic acids is 1. The number of ether oxygens (including phenoxy) is 2. The van der Waals surface area contributed by atoms with Crippen molar-refractivity contribution in [1.82, 2.24) is 14.8 Å². The van der Waals surface area contributed by atoms with E-state index in [1.165, 1.54) is 23.1 Å². The first-order valence-electron chi connectivity index (χ1n) is 10.2. The van der Waals surface area contributed by atoms with Crippen molar-refractivity contribution in [2.24, 2.45) is 0 Å². The van der Waals surface area contributed by atoms with Crippen molar-refractivity contribution in [2.75, 3.05) is 24.8 Å². The molecule has 0 saturated carbocycles. The van der Waals surface area contributed by atoms with Crippen LogP contribution < -0.4 is 10.1 Å². The molecule has 0 amide bonds. The summed E-state index contributed by atoms with van der Waals surface area (Å²) < 4.78 is 14.1. The molecule has 1 aromatic carbocycles. The number of ketones is 1. The molecule has 3 aromatic rings. The minimum absolute atomic E-state index is 0.103. The van der Waals surface area contributed by atoms with Gasteiger partial charge in [0.15, 0.2) is 10.1 Å². The Morgan fingerprint density at radius 3 is 2.97 bits per heavy atom. The Bertz CT molecular complexity index is 1060.